The van der Waals surface area contributed by atoms with Crippen LogP contribution >= 0.6 is 11.6 Å². The van der Waals surface area contributed by atoms with Crippen molar-refractivity contribution in [2.45, 2.75) is 18.9 Å². The molecule has 2 unspecified atom stereocenters. The molecule has 0 aliphatic heterocycles. The molecule has 2 aromatic rings. The lowest BCUT2D eigenvalue weighted by molar-refractivity contribution is 0.151. The molecule has 0 fully saturated rings. The van der Waals surface area contributed by atoms with Gasteiger partial charge in [0.25, 0.3) is 0 Å². The lowest BCUT2D eigenvalue weighted by atomic mass is 9.90. The van der Waals surface area contributed by atoms with Crippen LogP contribution in [0.1, 0.15) is 30.1 Å². The van der Waals surface area contributed by atoms with Crippen LogP contribution in [-0.2, 0) is 0 Å². The minimum Gasteiger partial charge on any atom is -0.493 e. The quantitative estimate of drug-likeness (QED) is 0.900. The van der Waals surface area contributed by atoms with Crippen molar-refractivity contribution in [3.63, 3.8) is 0 Å². The van der Waals surface area contributed by atoms with Gasteiger partial charge in [-0.15, -0.1) is 0 Å². The molecular formula is C17H19ClO3. The number of hydrogen-bond donors (Lipinski definition) is 1. The highest BCUT2D eigenvalue weighted by Gasteiger charge is 2.22. The van der Waals surface area contributed by atoms with Gasteiger partial charge >= 0.3 is 0 Å². The second-order valence-electron chi connectivity index (χ2n) is 4.87. The molecule has 0 aromatic heterocycles. The largest absolute Gasteiger partial charge is 0.493 e. The first-order chi connectivity index (χ1) is 10.1. The van der Waals surface area contributed by atoms with E-state index < -0.39 is 6.10 Å². The van der Waals surface area contributed by atoms with Crippen molar-refractivity contribution in [3.05, 3.63) is 58.6 Å². The second-order valence-corrected chi connectivity index (χ2v) is 5.28. The van der Waals surface area contributed by atoms with Gasteiger partial charge in [0.15, 0.2) is 11.5 Å². The maximum atomic E-state index is 10.6. The smallest absolute Gasteiger partial charge is 0.162 e. The van der Waals surface area contributed by atoms with Crippen LogP contribution in [0.3, 0.4) is 0 Å². The predicted molar refractivity (Wildman–Crippen MR) is 84.4 cm³/mol. The number of aliphatic hydroxyl groups excluding tert-OH is 1. The van der Waals surface area contributed by atoms with Crippen molar-refractivity contribution in [1.82, 2.24) is 0 Å². The number of hydrogen-bond acceptors (Lipinski definition) is 3. The standard InChI is InChI=1S/C17H19ClO3/c1-11(12-7-5-4-6-8-12)17(19)13-9-15(20-2)16(21-3)10-14(13)18/h4-11,17,19H,1-3H3. The van der Waals surface area contributed by atoms with Crippen molar-refractivity contribution in [2.75, 3.05) is 14.2 Å². The van der Waals surface area contributed by atoms with Crippen LogP contribution in [0.4, 0.5) is 0 Å². The monoisotopic (exact) mass is 306 g/mol. The number of halogens is 1. The molecule has 0 heterocycles. The Bertz CT molecular complexity index is 598. The molecule has 0 spiro atoms. The van der Waals surface area contributed by atoms with Gasteiger partial charge in [-0.2, -0.15) is 0 Å². The molecule has 0 aliphatic rings. The molecule has 0 radical (unpaired) electrons. The third kappa shape index (κ3) is 3.31. The van der Waals surface area contributed by atoms with Crippen molar-refractivity contribution < 1.29 is 14.6 Å². The highest BCUT2D eigenvalue weighted by Crippen LogP contribution is 2.40. The van der Waals surface area contributed by atoms with Gasteiger partial charge in [0.1, 0.15) is 0 Å². The molecule has 2 rings (SSSR count). The number of aliphatic hydroxyl groups is 1. The van der Waals surface area contributed by atoms with Gasteiger partial charge in [-0.05, 0) is 11.6 Å². The minimum absolute atomic E-state index is 0.0817. The van der Waals surface area contributed by atoms with Crippen molar-refractivity contribution >= 4 is 11.6 Å². The summed E-state index contributed by atoms with van der Waals surface area (Å²) in [6.07, 6.45) is -0.722. The Morgan fingerprint density at radius 1 is 1.00 bits per heavy atom. The van der Waals surface area contributed by atoms with Gasteiger partial charge < -0.3 is 14.6 Å². The Labute approximate surface area is 130 Å². The Hall–Kier alpha value is -1.71. The summed E-state index contributed by atoms with van der Waals surface area (Å²) in [5, 5.41) is 11.1. The van der Waals surface area contributed by atoms with Crippen LogP contribution in [0.15, 0.2) is 42.5 Å². The van der Waals surface area contributed by atoms with Crippen molar-refractivity contribution in [2.24, 2.45) is 0 Å². The van der Waals surface area contributed by atoms with E-state index in [1.54, 1.807) is 26.4 Å². The zero-order valence-electron chi connectivity index (χ0n) is 12.3. The highest BCUT2D eigenvalue weighted by molar-refractivity contribution is 6.31. The first-order valence-electron chi connectivity index (χ1n) is 6.73. The van der Waals surface area contributed by atoms with Gasteiger partial charge in [-0.3, -0.25) is 0 Å². The topological polar surface area (TPSA) is 38.7 Å². The van der Waals surface area contributed by atoms with E-state index in [1.807, 2.05) is 37.3 Å². The van der Waals surface area contributed by atoms with E-state index in [4.69, 9.17) is 21.1 Å². The van der Waals surface area contributed by atoms with Gasteiger partial charge in [0.05, 0.1) is 25.3 Å². The van der Waals surface area contributed by atoms with Gasteiger partial charge in [-0.1, -0.05) is 48.9 Å². The molecular weight excluding hydrogens is 288 g/mol. The number of benzene rings is 2. The average molecular weight is 307 g/mol. The number of rotatable bonds is 5. The Morgan fingerprint density at radius 3 is 2.14 bits per heavy atom. The summed E-state index contributed by atoms with van der Waals surface area (Å²) >= 11 is 6.27. The fraction of sp³-hybridized carbons (Fsp3) is 0.294. The van der Waals surface area contributed by atoms with Crippen LogP contribution in [0.25, 0.3) is 0 Å². The van der Waals surface area contributed by atoms with E-state index >= 15 is 0 Å². The number of ether oxygens (including phenoxy) is 2. The molecule has 0 saturated heterocycles. The fourth-order valence-corrected chi connectivity index (χ4v) is 2.57. The maximum Gasteiger partial charge on any atom is 0.162 e. The molecule has 21 heavy (non-hydrogen) atoms. The van der Waals surface area contributed by atoms with Crippen LogP contribution in [-0.4, -0.2) is 19.3 Å². The van der Waals surface area contributed by atoms with E-state index in [0.717, 1.165) is 5.56 Å². The minimum atomic E-state index is -0.722. The first kappa shape index (κ1) is 15.7. The van der Waals surface area contributed by atoms with Gasteiger partial charge in [0.2, 0.25) is 0 Å². The van der Waals surface area contributed by atoms with Crippen LogP contribution in [0.5, 0.6) is 11.5 Å². The summed E-state index contributed by atoms with van der Waals surface area (Å²) in [5.41, 5.74) is 1.68. The summed E-state index contributed by atoms with van der Waals surface area (Å²) < 4.78 is 10.5. The van der Waals surface area contributed by atoms with Crippen LogP contribution in [0, 0.1) is 0 Å². The third-order valence-corrected chi connectivity index (χ3v) is 3.95. The molecule has 3 nitrogen and oxygen atoms in total. The Balaban J connectivity index is 2.37. The summed E-state index contributed by atoms with van der Waals surface area (Å²) in [5.74, 6) is 1.02. The molecule has 2 atom stereocenters. The average Bonchev–Trinajstić information content (AvgIpc) is 2.54. The Morgan fingerprint density at radius 2 is 1.57 bits per heavy atom. The van der Waals surface area contributed by atoms with E-state index in [9.17, 15) is 5.11 Å². The normalized spacial score (nSPS) is 13.6. The summed E-state index contributed by atoms with van der Waals surface area (Å²) in [6, 6.07) is 13.2. The molecule has 0 saturated carbocycles. The zero-order chi connectivity index (χ0) is 15.4. The molecule has 0 bridgehead atoms. The van der Waals surface area contributed by atoms with E-state index in [2.05, 4.69) is 0 Å². The van der Waals surface area contributed by atoms with Gasteiger partial charge in [0, 0.05) is 17.5 Å². The fourth-order valence-electron chi connectivity index (χ4n) is 2.30. The molecule has 2 aromatic carbocycles. The third-order valence-electron chi connectivity index (χ3n) is 3.62. The zero-order valence-corrected chi connectivity index (χ0v) is 13.1. The lowest BCUT2D eigenvalue weighted by Crippen LogP contribution is -2.09. The highest BCUT2D eigenvalue weighted by atomic mass is 35.5. The molecule has 4 heteroatoms. The first-order valence-corrected chi connectivity index (χ1v) is 7.10. The van der Waals surface area contributed by atoms with Crippen molar-refractivity contribution in [1.29, 1.82) is 0 Å². The van der Waals surface area contributed by atoms with Crippen molar-refractivity contribution in [3.8, 4) is 11.5 Å². The summed E-state index contributed by atoms with van der Waals surface area (Å²) in [4.78, 5) is 0. The van der Waals surface area contributed by atoms with Crippen LogP contribution < -0.4 is 9.47 Å². The van der Waals surface area contributed by atoms with Gasteiger partial charge in [-0.25, -0.2) is 0 Å². The number of methoxy groups -OCH3 is 2. The molecule has 112 valence electrons. The molecule has 0 amide bonds. The van der Waals surface area contributed by atoms with E-state index in [1.165, 1.54) is 0 Å². The Kier molecular flexibility index (Phi) is 5.10. The second kappa shape index (κ2) is 6.83. The lowest BCUT2D eigenvalue weighted by Gasteiger charge is -2.22. The molecule has 1 N–H and O–H groups in total. The SMILES string of the molecule is COc1cc(Cl)c(C(O)C(C)c2ccccc2)cc1OC. The predicted octanol–water partition coefficient (Wildman–Crippen LogP) is 4.19. The maximum absolute atomic E-state index is 10.6. The van der Waals surface area contributed by atoms with Crippen LogP contribution in [0.2, 0.25) is 5.02 Å². The van der Waals surface area contributed by atoms with E-state index in [-0.39, 0.29) is 5.92 Å². The van der Waals surface area contributed by atoms with E-state index in [0.29, 0.717) is 22.1 Å². The summed E-state index contributed by atoms with van der Waals surface area (Å²) in [6.45, 7) is 1.97. The summed E-state index contributed by atoms with van der Waals surface area (Å²) in [7, 11) is 3.11. The molecule has 0 aliphatic carbocycles.